The van der Waals surface area contributed by atoms with Gasteiger partial charge in [0.25, 0.3) is 0 Å². The first kappa shape index (κ1) is 8.95. The normalized spacial score (nSPS) is 10.9. The van der Waals surface area contributed by atoms with Gasteiger partial charge in [0.2, 0.25) is 0 Å². The molecule has 0 bridgehead atoms. The van der Waals surface area contributed by atoms with Gasteiger partial charge in [0.15, 0.2) is 0 Å². The van der Waals surface area contributed by atoms with Gasteiger partial charge in [-0.3, -0.25) is 0 Å². The standard InChI is InChI=1S/C10H10FNSe/c11-8-1-2-9-7(3-4-12)6-13-10(9)5-8/h1-2,5-6H,3-4,12H2. The second-order valence-corrected chi connectivity index (χ2v) is 4.85. The van der Waals surface area contributed by atoms with Gasteiger partial charge in [-0.2, -0.15) is 0 Å². The number of hydrogen-bond acceptors (Lipinski definition) is 1. The molecule has 2 rings (SSSR count). The quantitative estimate of drug-likeness (QED) is 0.794. The SMILES string of the molecule is NCCc1c[se]c2cc(F)ccc12. The average Bonchev–Trinajstić information content (AvgIpc) is 2.49. The van der Waals surface area contributed by atoms with Crippen LogP contribution in [0.25, 0.3) is 9.65 Å². The summed E-state index contributed by atoms with van der Waals surface area (Å²) in [5.41, 5.74) is 6.78. The monoisotopic (exact) mass is 243 g/mol. The van der Waals surface area contributed by atoms with E-state index < -0.39 is 0 Å². The number of hydrogen-bond donors (Lipinski definition) is 1. The van der Waals surface area contributed by atoms with Gasteiger partial charge in [-0.1, -0.05) is 0 Å². The van der Waals surface area contributed by atoms with Crippen LogP contribution >= 0.6 is 0 Å². The molecule has 0 saturated carbocycles. The summed E-state index contributed by atoms with van der Waals surface area (Å²) in [4.78, 5) is 2.20. The van der Waals surface area contributed by atoms with Gasteiger partial charge in [-0.25, -0.2) is 0 Å². The third-order valence-electron chi connectivity index (χ3n) is 2.03. The molecule has 0 radical (unpaired) electrons. The number of nitrogens with two attached hydrogens (primary N) is 1. The molecule has 3 heteroatoms. The van der Waals surface area contributed by atoms with Gasteiger partial charge >= 0.3 is 81.8 Å². The van der Waals surface area contributed by atoms with E-state index in [1.54, 1.807) is 6.07 Å². The molecule has 0 atom stereocenters. The Balaban J connectivity index is 2.55. The Morgan fingerprint density at radius 1 is 1.38 bits per heavy atom. The molecule has 2 N–H and O–H groups in total. The molecule has 68 valence electrons. The zero-order chi connectivity index (χ0) is 9.26. The second kappa shape index (κ2) is 3.62. The fourth-order valence-corrected chi connectivity index (χ4v) is 3.55. The molecule has 0 fully saturated rings. The summed E-state index contributed by atoms with van der Waals surface area (Å²) in [6.07, 6.45) is 0.903. The van der Waals surface area contributed by atoms with Gasteiger partial charge in [0, 0.05) is 0 Å². The first-order chi connectivity index (χ1) is 6.31. The molecule has 0 unspecified atom stereocenters. The van der Waals surface area contributed by atoms with Crippen molar-refractivity contribution < 1.29 is 4.39 Å². The van der Waals surface area contributed by atoms with Crippen LogP contribution in [0.15, 0.2) is 23.1 Å². The van der Waals surface area contributed by atoms with Crippen LogP contribution in [-0.2, 0) is 6.42 Å². The van der Waals surface area contributed by atoms with E-state index in [-0.39, 0.29) is 5.82 Å². The van der Waals surface area contributed by atoms with E-state index in [2.05, 4.69) is 4.94 Å². The van der Waals surface area contributed by atoms with Crippen LogP contribution in [0.3, 0.4) is 0 Å². The van der Waals surface area contributed by atoms with E-state index in [0.29, 0.717) is 21.0 Å². The van der Waals surface area contributed by atoms with Crippen molar-refractivity contribution in [2.24, 2.45) is 5.73 Å². The summed E-state index contributed by atoms with van der Waals surface area (Å²) >= 11 is 0.307. The van der Waals surface area contributed by atoms with Crippen molar-refractivity contribution in [3.05, 3.63) is 34.5 Å². The molecule has 1 aromatic heterocycles. The predicted octanol–water partition coefficient (Wildman–Crippen LogP) is 1.54. The van der Waals surface area contributed by atoms with E-state index >= 15 is 0 Å². The van der Waals surface area contributed by atoms with Crippen LogP contribution in [0.1, 0.15) is 5.56 Å². The van der Waals surface area contributed by atoms with E-state index in [4.69, 9.17) is 5.73 Å². The summed E-state index contributed by atoms with van der Waals surface area (Å²) in [5.74, 6) is -0.136. The summed E-state index contributed by atoms with van der Waals surface area (Å²) in [6, 6.07) is 5.01. The Bertz CT molecular complexity index is 422. The molecule has 0 spiro atoms. The Morgan fingerprint density at radius 3 is 3.00 bits per heavy atom. The molecule has 1 nitrogen and oxygen atoms in total. The Hall–Kier alpha value is -0.631. The molecule has 0 amide bonds. The van der Waals surface area contributed by atoms with E-state index in [1.165, 1.54) is 17.0 Å². The molecular weight excluding hydrogens is 232 g/mol. The molecule has 1 heterocycles. The first-order valence-corrected chi connectivity index (χ1v) is 6.01. The maximum atomic E-state index is 12.8. The molecule has 2 aromatic rings. The van der Waals surface area contributed by atoms with Crippen molar-refractivity contribution in [3.63, 3.8) is 0 Å². The molecule has 1 aromatic carbocycles. The van der Waals surface area contributed by atoms with Crippen molar-refractivity contribution in [2.75, 3.05) is 6.54 Å². The van der Waals surface area contributed by atoms with Crippen LogP contribution in [-0.4, -0.2) is 21.0 Å². The average molecular weight is 242 g/mol. The Labute approximate surface area is 82.1 Å². The molecule has 0 aliphatic rings. The number of benzene rings is 1. The number of rotatable bonds is 2. The molecule has 13 heavy (non-hydrogen) atoms. The van der Waals surface area contributed by atoms with Crippen LogP contribution in [0.5, 0.6) is 0 Å². The van der Waals surface area contributed by atoms with E-state index in [1.807, 2.05) is 6.07 Å². The zero-order valence-corrected chi connectivity index (χ0v) is 8.80. The van der Waals surface area contributed by atoms with Crippen LogP contribution in [0.2, 0.25) is 0 Å². The van der Waals surface area contributed by atoms with Crippen LogP contribution in [0.4, 0.5) is 4.39 Å². The third-order valence-corrected chi connectivity index (χ3v) is 4.12. The van der Waals surface area contributed by atoms with Gasteiger partial charge < -0.3 is 0 Å². The number of fused-ring (bicyclic) bond motifs is 1. The number of halogens is 1. The fourth-order valence-electron chi connectivity index (χ4n) is 1.41. The molecule has 0 aliphatic heterocycles. The van der Waals surface area contributed by atoms with Gasteiger partial charge in [0.05, 0.1) is 0 Å². The third kappa shape index (κ3) is 1.68. The van der Waals surface area contributed by atoms with Gasteiger partial charge in [0.1, 0.15) is 0 Å². The van der Waals surface area contributed by atoms with Gasteiger partial charge in [-0.15, -0.1) is 0 Å². The van der Waals surface area contributed by atoms with E-state index in [0.717, 1.165) is 10.7 Å². The molecule has 0 saturated heterocycles. The minimum atomic E-state index is -0.136. The van der Waals surface area contributed by atoms with Crippen molar-refractivity contribution in [1.82, 2.24) is 0 Å². The first-order valence-electron chi connectivity index (χ1n) is 4.17. The van der Waals surface area contributed by atoms with Crippen molar-refractivity contribution in [3.8, 4) is 0 Å². The van der Waals surface area contributed by atoms with E-state index in [9.17, 15) is 4.39 Å². The minimum absolute atomic E-state index is 0.136. The van der Waals surface area contributed by atoms with Crippen LogP contribution < -0.4 is 5.73 Å². The second-order valence-electron chi connectivity index (χ2n) is 2.94. The zero-order valence-electron chi connectivity index (χ0n) is 7.09. The predicted molar refractivity (Wildman–Crippen MR) is 53.6 cm³/mol. The molecule has 0 aliphatic carbocycles. The molecular formula is C10H10FNSe. The van der Waals surface area contributed by atoms with Gasteiger partial charge in [-0.05, 0) is 0 Å². The summed E-state index contributed by atoms with van der Waals surface area (Å²) < 4.78 is 14.0. The van der Waals surface area contributed by atoms with Crippen molar-refractivity contribution in [2.45, 2.75) is 6.42 Å². The maximum absolute atomic E-state index is 12.8. The summed E-state index contributed by atoms with van der Waals surface area (Å²) in [7, 11) is 0. The van der Waals surface area contributed by atoms with Crippen molar-refractivity contribution in [1.29, 1.82) is 0 Å². The van der Waals surface area contributed by atoms with Crippen molar-refractivity contribution >= 4 is 24.1 Å². The van der Waals surface area contributed by atoms with Crippen LogP contribution in [0, 0.1) is 5.82 Å². The topological polar surface area (TPSA) is 26.0 Å². The summed E-state index contributed by atoms with van der Waals surface area (Å²) in [6.45, 7) is 0.665. The fraction of sp³-hybridized carbons (Fsp3) is 0.200. The summed E-state index contributed by atoms with van der Waals surface area (Å²) in [5, 5.41) is 1.20. The Morgan fingerprint density at radius 2 is 2.23 bits per heavy atom. The Kier molecular flexibility index (Phi) is 2.49.